The van der Waals surface area contributed by atoms with E-state index in [9.17, 15) is 0 Å². The number of hydrogen-bond donors (Lipinski definition) is 1. The molecule has 1 aromatic heterocycles. The Kier molecular flexibility index (Phi) is 3.97. The van der Waals surface area contributed by atoms with Crippen LogP contribution in [-0.2, 0) is 17.7 Å². The van der Waals surface area contributed by atoms with Crippen molar-refractivity contribution < 1.29 is 4.74 Å². The standard InChI is InChI=1S/C14H23N3O/c1-5-18-12(14(2,3)4)13-16-9-10-8-15-7-6-11(10)17-13/h9,12,15H,5-8H2,1-4H3. The van der Waals surface area contributed by atoms with Crippen LogP contribution < -0.4 is 5.32 Å². The van der Waals surface area contributed by atoms with Crippen LogP contribution in [0.15, 0.2) is 6.20 Å². The molecule has 1 aromatic rings. The molecule has 1 unspecified atom stereocenters. The molecule has 18 heavy (non-hydrogen) atoms. The zero-order chi connectivity index (χ0) is 13.2. The van der Waals surface area contributed by atoms with Gasteiger partial charge in [0.05, 0.1) is 0 Å². The Bertz CT molecular complexity index is 412. The Morgan fingerprint density at radius 1 is 1.44 bits per heavy atom. The number of rotatable bonds is 3. The summed E-state index contributed by atoms with van der Waals surface area (Å²) in [6, 6.07) is 0. The first-order valence-electron chi connectivity index (χ1n) is 6.69. The minimum Gasteiger partial charge on any atom is -0.370 e. The molecule has 0 aliphatic carbocycles. The third-order valence-corrected chi connectivity index (χ3v) is 3.18. The topological polar surface area (TPSA) is 47.0 Å². The fourth-order valence-corrected chi connectivity index (χ4v) is 2.26. The van der Waals surface area contributed by atoms with E-state index >= 15 is 0 Å². The first kappa shape index (κ1) is 13.4. The molecule has 0 spiro atoms. The van der Waals surface area contributed by atoms with Gasteiger partial charge in [0, 0.05) is 43.6 Å². The zero-order valence-corrected chi connectivity index (χ0v) is 11.8. The normalized spacial score (nSPS) is 17.3. The van der Waals surface area contributed by atoms with E-state index < -0.39 is 0 Å². The zero-order valence-electron chi connectivity index (χ0n) is 11.8. The molecule has 0 fully saturated rings. The third kappa shape index (κ3) is 2.87. The fraction of sp³-hybridized carbons (Fsp3) is 0.714. The molecule has 0 aromatic carbocycles. The van der Waals surface area contributed by atoms with Gasteiger partial charge in [-0.05, 0) is 12.3 Å². The summed E-state index contributed by atoms with van der Waals surface area (Å²) in [5.74, 6) is 0.824. The molecule has 0 amide bonds. The van der Waals surface area contributed by atoms with Gasteiger partial charge in [0.1, 0.15) is 6.10 Å². The first-order chi connectivity index (χ1) is 8.52. The van der Waals surface area contributed by atoms with Gasteiger partial charge in [-0.2, -0.15) is 0 Å². The van der Waals surface area contributed by atoms with E-state index in [-0.39, 0.29) is 11.5 Å². The predicted octanol–water partition coefficient (Wildman–Crippen LogP) is 2.25. The lowest BCUT2D eigenvalue weighted by Crippen LogP contribution is -2.28. The van der Waals surface area contributed by atoms with Crippen molar-refractivity contribution in [1.82, 2.24) is 15.3 Å². The minimum atomic E-state index is -0.0392. The lowest BCUT2D eigenvalue weighted by molar-refractivity contribution is -0.0193. The molecule has 1 aliphatic heterocycles. The summed E-state index contributed by atoms with van der Waals surface area (Å²) in [4.78, 5) is 9.22. The number of fused-ring (bicyclic) bond motifs is 1. The van der Waals surface area contributed by atoms with Crippen molar-refractivity contribution in [3.63, 3.8) is 0 Å². The second-order valence-corrected chi connectivity index (χ2v) is 5.83. The van der Waals surface area contributed by atoms with Crippen LogP contribution in [0.3, 0.4) is 0 Å². The van der Waals surface area contributed by atoms with Crippen LogP contribution >= 0.6 is 0 Å². The molecule has 2 rings (SSSR count). The molecule has 0 bridgehead atoms. The molecule has 4 heteroatoms. The van der Waals surface area contributed by atoms with Crippen molar-refractivity contribution >= 4 is 0 Å². The van der Waals surface area contributed by atoms with E-state index in [1.165, 1.54) is 11.3 Å². The smallest absolute Gasteiger partial charge is 0.157 e. The van der Waals surface area contributed by atoms with Crippen molar-refractivity contribution in [2.45, 2.75) is 46.8 Å². The van der Waals surface area contributed by atoms with Gasteiger partial charge in [0.2, 0.25) is 0 Å². The third-order valence-electron chi connectivity index (χ3n) is 3.18. The molecule has 1 N–H and O–H groups in total. The van der Waals surface area contributed by atoms with Crippen LogP contribution in [0.25, 0.3) is 0 Å². The highest BCUT2D eigenvalue weighted by atomic mass is 16.5. The maximum Gasteiger partial charge on any atom is 0.157 e. The molecule has 0 saturated carbocycles. The van der Waals surface area contributed by atoms with Gasteiger partial charge in [-0.15, -0.1) is 0 Å². The lowest BCUT2D eigenvalue weighted by atomic mass is 9.88. The Hall–Kier alpha value is -1.00. The average Bonchev–Trinajstić information content (AvgIpc) is 2.34. The Labute approximate surface area is 109 Å². The summed E-state index contributed by atoms with van der Waals surface area (Å²) in [5.41, 5.74) is 2.40. The maximum atomic E-state index is 5.84. The highest BCUT2D eigenvalue weighted by Gasteiger charge is 2.30. The van der Waals surface area contributed by atoms with Crippen LogP contribution in [-0.4, -0.2) is 23.1 Å². The predicted molar refractivity (Wildman–Crippen MR) is 71.3 cm³/mol. The Balaban J connectivity index is 2.30. The van der Waals surface area contributed by atoms with Crippen molar-refractivity contribution in [3.05, 3.63) is 23.3 Å². The van der Waals surface area contributed by atoms with Gasteiger partial charge < -0.3 is 10.1 Å². The monoisotopic (exact) mass is 249 g/mol. The summed E-state index contributed by atoms with van der Waals surface area (Å²) >= 11 is 0. The molecular formula is C14H23N3O. The van der Waals surface area contributed by atoms with Crippen molar-refractivity contribution in [2.75, 3.05) is 13.2 Å². The van der Waals surface area contributed by atoms with E-state index in [2.05, 4.69) is 31.1 Å². The molecule has 0 radical (unpaired) electrons. The molecule has 4 nitrogen and oxygen atoms in total. The molecule has 100 valence electrons. The van der Waals surface area contributed by atoms with Crippen LogP contribution in [0.4, 0.5) is 0 Å². The molecule has 2 heterocycles. The van der Waals surface area contributed by atoms with Crippen molar-refractivity contribution in [1.29, 1.82) is 0 Å². The summed E-state index contributed by atoms with van der Waals surface area (Å²) in [6.45, 7) is 11.1. The summed E-state index contributed by atoms with van der Waals surface area (Å²) in [7, 11) is 0. The summed E-state index contributed by atoms with van der Waals surface area (Å²) < 4.78 is 5.84. The van der Waals surface area contributed by atoms with Gasteiger partial charge in [0.15, 0.2) is 5.82 Å². The fourth-order valence-electron chi connectivity index (χ4n) is 2.26. The average molecular weight is 249 g/mol. The second-order valence-electron chi connectivity index (χ2n) is 5.83. The van der Waals surface area contributed by atoms with Gasteiger partial charge >= 0.3 is 0 Å². The van der Waals surface area contributed by atoms with E-state index in [0.29, 0.717) is 6.61 Å². The first-order valence-corrected chi connectivity index (χ1v) is 6.69. The number of nitrogens with zero attached hydrogens (tertiary/aromatic N) is 2. The molecule has 1 atom stereocenters. The Morgan fingerprint density at radius 3 is 2.89 bits per heavy atom. The SMILES string of the molecule is CCOC(c1ncc2c(n1)CCNC2)C(C)(C)C. The van der Waals surface area contributed by atoms with E-state index in [4.69, 9.17) is 9.72 Å². The lowest BCUT2D eigenvalue weighted by Gasteiger charge is -2.29. The second kappa shape index (κ2) is 5.33. The maximum absolute atomic E-state index is 5.84. The molecule has 1 aliphatic rings. The van der Waals surface area contributed by atoms with Crippen LogP contribution in [0.5, 0.6) is 0 Å². The van der Waals surface area contributed by atoms with E-state index in [1.54, 1.807) is 0 Å². The van der Waals surface area contributed by atoms with E-state index in [0.717, 1.165) is 25.3 Å². The number of hydrogen-bond acceptors (Lipinski definition) is 4. The number of aromatic nitrogens is 2. The molecule has 0 saturated heterocycles. The highest BCUT2D eigenvalue weighted by Crippen LogP contribution is 2.34. The van der Waals surface area contributed by atoms with Crippen LogP contribution in [0.2, 0.25) is 0 Å². The molecular weight excluding hydrogens is 226 g/mol. The van der Waals surface area contributed by atoms with Gasteiger partial charge in [-0.3, -0.25) is 0 Å². The van der Waals surface area contributed by atoms with Crippen molar-refractivity contribution in [3.8, 4) is 0 Å². The summed E-state index contributed by atoms with van der Waals surface area (Å²) in [5, 5.41) is 3.33. The van der Waals surface area contributed by atoms with E-state index in [1.807, 2.05) is 13.1 Å². The summed E-state index contributed by atoms with van der Waals surface area (Å²) in [6.07, 6.45) is 2.89. The van der Waals surface area contributed by atoms with Gasteiger partial charge in [-0.1, -0.05) is 20.8 Å². The Morgan fingerprint density at radius 2 is 2.22 bits per heavy atom. The highest BCUT2D eigenvalue weighted by molar-refractivity contribution is 5.21. The minimum absolute atomic E-state index is 0.0111. The van der Waals surface area contributed by atoms with Crippen molar-refractivity contribution in [2.24, 2.45) is 5.41 Å². The van der Waals surface area contributed by atoms with Crippen LogP contribution in [0.1, 0.15) is 50.9 Å². The van der Waals surface area contributed by atoms with Gasteiger partial charge in [-0.25, -0.2) is 9.97 Å². The quantitative estimate of drug-likeness (QED) is 0.892. The van der Waals surface area contributed by atoms with Crippen LogP contribution in [0, 0.1) is 5.41 Å². The van der Waals surface area contributed by atoms with Gasteiger partial charge in [0.25, 0.3) is 0 Å². The number of nitrogens with one attached hydrogen (secondary N) is 1. The largest absolute Gasteiger partial charge is 0.370 e. The number of ether oxygens (including phenoxy) is 1.